The maximum absolute atomic E-state index is 9.04. The maximum Gasteiger partial charge on any atom is 0.110 e. The highest BCUT2D eigenvalue weighted by Gasteiger charge is 2.18. The van der Waals surface area contributed by atoms with Crippen molar-refractivity contribution >= 4 is 11.3 Å². The monoisotopic (exact) mass is 244 g/mol. The van der Waals surface area contributed by atoms with Crippen molar-refractivity contribution < 1.29 is 10.2 Å². The first-order chi connectivity index (χ1) is 7.62. The Morgan fingerprint density at radius 2 is 1.94 bits per heavy atom. The molecule has 1 aromatic rings. The van der Waals surface area contributed by atoms with Crippen LogP contribution in [0.4, 0.5) is 0 Å². The van der Waals surface area contributed by atoms with E-state index in [9.17, 15) is 0 Å². The molecular weight excluding hydrogens is 224 g/mol. The second-order valence-corrected chi connectivity index (χ2v) is 5.12. The molecule has 1 atom stereocenters. The molecule has 0 saturated heterocycles. The van der Waals surface area contributed by atoms with Gasteiger partial charge in [-0.05, 0) is 20.3 Å². The van der Waals surface area contributed by atoms with Crippen LogP contribution in [0.3, 0.4) is 0 Å². The van der Waals surface area contributed by atoms with Gasteiger partial charge in [-0.25, -0.2) is 4.98 Å². The summed E-state index contributed by atoms with van der Waals surface area (Å²) < 4.78 is 0. The number of thiazole rings is 1. The Morgan fingerprint density at radius 1 is 1.31 bits per heavy atom. The molecule has 5 heteroatoms. The van der Waals surface area contributed by atoms with Crippen LogP contribution in [0.2, 0.25) is 0 Å². The van der Waals surface area contributed by atoms with E-state index in [1.807, 2.05) is 6.92 Å². The molecule has 16 heavy (non-hydrogen) atoms. The lowest BCUT2D eigenvalue weighted by Gasteiger charge is -2.20. The third-order valence-corrected chi connectivity index (χ3v) is 3.82. The van der Waals surface area contributed by atoms with Gasteiger partial charge >= 0.3 is 0 Å². The Kier molecular flexibility index (Phi) is 5.34. The minimum Gasteiger partial charge on any atom is -0.395 e. The predicted molar refractivity (Wildman–Crippen MR) is 65.7 cm³/mol. The van der Waals surface area contributed by atoms with Gasteiger partial charge in [0.05, 0.1) is 31.0 Å². The lowest BCUT2D eigenvalue weighted by atomic mass is 10.2. The molecule has 0 amide bonds. The number of aryl methyl sites for hydroxylation is 2. The van der Waals surface area contributed by atoms with Gasteiger partial charge in [-0.15, -0.1) is 11.3 Å². The third kappa shape index (κ3) is 3.25. The molecule has 1 rings (SSSR count). The molecule has 0 radical (unpaired) electrons. The van der Waals surface area contributed by atoms with Gasteiger partial charge in [0, 0.05) is 4.88 Å². The Hall–Kier alpha value is -0.490. The van der Waals surface area contributed by atoms with E-state index in [0.717, 1.165) is 17.1 Å². The zero-order chi connectivity index (χ0) is 12.1. The summed E-state index contributed by atoms with van der Waals surface area (Å²) in [6, 6.07) is -0.156. The van der Waals surface area contributed by atoms with Gasteiger partial charge in [0.25, 0.3) is 0 Å². The minimum absolute atomic E-state index is 0.0592. The summed E-state index contributed by atoms with van der Waals surface area (Å²) in [6.07, 6.45) is 0.892. The normalized spacial score (nSPS) is 13.4. The number of hydrogen-bond donors (Lipinski definition) is 3. The average molecular weight is 244 g/mol. The number of hydrogen-bond acceptors (Lipinski definition) is 5. The van der Waals surface area contributed by atoms with Crippen molar-refractivity contribution in [3.05, 3.63) is 15.6 Å². The molecule has 0 spiro atoms. The summed E-state index contributed by atoms with van der Waals surface area (Å²) >= 11 is 1.67. The van der Waals surface area contributed by atoms with Crippen molar-refractivity contribution in [1.29, 1.82) is 0 Å². The van der Waals surface area contributed by atoms with Crippen molar-refractivity contribution in [3.63, 3.8) is 0 Å². The van der Waals surface area contributed by atoms with Gasteiger partial charge < -0.3 is 15.5 Å². The highest BCUT2D eigenvalue weighted by Crippen LogP contribution is 2.25. The molecule has 0 bridgehead atoms. The molecule has 0 fully saturated rings. The number of nitrogens with one attached hydrogen (secondary N) is 1. The molecular formula is C11H20N2O2S. The molecule has 0 aliphatic heterocycles. The van der Waals surface area contributed by atoms with E-state index < -0.39 is 0 Å². The topological polar surface area (TPSA) is 65.4 Å². The molecule has 3 N–H and O–H groups in total. The van der Waals surface area contributed by atoms with Crippen molar-refractivity contribution in [3.8, 4) is 0 Å². The lowest BCUT2D eigenvalue weighted by Crippen LogP contribution is -2.38. The van der Waals surface area contributed by atoms with Gasteiger partial charge in [0.15, 0.2) is 0 Å². The highest BCUT2D eigenvalue weighted by atomic mass is 32.1. The van der Waals surface area contributed by atoms with E-state index in [1.165, 1.54) is 4.88 Å². The molecule has 0 saturated carbocycles. The molecule has 0 unspecified atom stereocenters. The zero-order valence-corrected chi connectivity index (χ0v) is 10.8. The SMILES string of the molecule is CC[C@H](NC(CO)CO)c1nc(C)c(C)s1. The van der Waals surface area contributed by atoms with Crippen molar-refractivity contribution in [2.75, 3.05) is 13.2 Å². The summed E-state index contributed by atoms with van der Waals surface area (Å²) in [6.45, 7) is 6.00. The fraction of sp³-hybridized carbons (Fsp3) is 0.727. The van der Waals surface area contributed by atoms with Gasteiger partial charge in [0.2, 0.25) is 0 Å². The number of aromatic nitrogens is 1. The van der Waals surface area contributed by atoms with Crippen LogP contribution >= 0.6 is 11.3 Å². The minimum atomic E-state index is -0.269. The van der Waals surface area contributed by atoms with E-state index in [2.05, 4.69) is 24.1 Å². The van der Waals surface area contributed by atoms with Gasteiger partial charge in [0.1, 0.15) is 5.01 Å². The van der Waals surface area contributed by atoms with Crippen LogP contribution < -0.4 is 5.32 Å². The first-order valence-corrected chi connectivity index (χ1v) is 6.35. The molecule has 0 aliphatic carbocycles. The first-order valence-electron chi connectivity index (χ1n) is 5.54. The van der Waals surface area contributed by atoms with Crippen molar-refractivity contribution in [1.82, 2.24) is 10.3 Å². The first kappa shape index (κ1) is 13.6. The highest BCUT2D eigenvalue weighted by molar-refractivity contribution is 7.11. The quantitative estimate of drug-likeness (QED) is 0.702. The van der Waals surface area contributed by atoms with Crippen molar-refractivity contribution in [2.45, 2.75) is 39.3 Å². The fourth-order valence-corrected chi connectivity index (χ4v) is 2.52. The van der Waals surface area contributed by atoms with Crippen molar-refractivity contribution in [2.24, 2.45) is 0 Å². The van der Waals surface area contributed by atoms with Crippen LogP contribution in [0.1, 0.15) is 35.0 Å². The molecule has 0 aliphatic rings. The average Bonchev–Trinajstić information content (AvgIpc) is 2.61. The summed E-state index contributed by atoms with van der Waals surface area (Å²) in [5, 5.41) is 22.3. The number of rotatable bonds is 6. The van der Waals surface area contributed by atoms with E-state index in [0.29, 0.717) is 0 Å². The van der Waals surface area contributed by atoms with E-state index in [-0.39, 0.29) is 25.3 Å². The standard InChI is InChI=1S/C11H20N2O2S/c1-4-10(13-9(5-14)6-15)11-12-7(2)8(3)16-11/h9-10,13-15H,4-6H2,1-3H3/t10-/m0/s1. The number of aliphatic hydroxyl groups is 2. The zero-order valence-electron chi connectivity index (χ0n) is 10.0. The second-order valence-electron chi connectivity index (χ2n) is 3.88. The third-order valence-electron chi connectivity index (χ3n) is 2.63. The largest absolute Gasteiger partial charge is 0.395 e. The van der Waals surface area contributed by atoms with E-state index in [1.54, 1.807) is 11.3 Å². The Morgan fingerprint density at radius 3 is 2.31 bits per heavy atom. The van der Waals surface area contributed by atoms with Crippen LogP contribution in [-0.2, 0) is 0 Å². The van der Waals surface area contributed by atoms with Crippen LogP contribution in [-0.4, -0.2) is 34.5 Å². The number of aliphatic hydroxyl groups excluding tert-OH is 2. The lowest BCUT2D eigenvalue weighted by molar-refractivity contribution is 0.161. The molecule has 92 valence electrons. The Bertz CT molecular complexity index is 304. The summed E-state index contributed by atoms with van der Waals surface area (Å²) in [4.78, 5) is 5.72. The Labute approximate surface area is 100 Å². The molecule has 1 heterocycles. The molecule has 1 aromatic heterocycles. The van der Waals surface area contributed by atoms with Gasteiger partial charge in [-0.3, -0.25) is 0 Å². The van der Waals surface area contributed by atoms with Crippen LogP contribution in [0.15, 0.2) is 0 Å². The maximum atomic E-state index is 9.04. The fourth-order valence-electron chi connectivity index (χ4n) is 1.46. The summed E-state index contributed by atoms with van der Waals surface area (Å²) in [7, 11) is 0. The summed E-state index contributed by atoms with van der Waals surface area (Å²) in [5.41, 5.74) is 1.06. The van der Waals surface area contributed by atoms with Gasteiger partial charge in [-0.1, -0.05) is 6.92 Å². The number of nitrogens with zero attached hydrogens (tertiary/aromatic N) is 1. The van der Waals surface area contributed by atoms with Crippen LogP contribution in [0.25, 0.3) is 0 Å². The smallest absolute Gasteiger partial charge is 0.110 e. The predicted octanol–water partition coefficient (Wildman–Crippen LogP) is 1.15. The van der Waals surface area contributed by atoms with E-state index in [4.69, 9.17) is 10.2 Å². The Balaban J connectivity index is 2.74. The van der Waals surface area contributed by atoms with Crippen LogP contribution in [0, 0.1) is 13.8 Å². The van der Waals surface area contributed by atoms with Gasteiger partial charge in [-0.2, -0.15) is 0 Å². The summed E-state index contributed by atoms with van der Waals surface area (Å²) in [5.74, 6) is 0. The van der Waals surface area contributed by atoms with Crippen LogP contribution in [0.5, 0.6) is 0 Å². The molecule has 4 nitrogen and oxygen atoms in total. The molecule has 0 aromatic carbocycles. The second kappa shape index (κ2) is 6.30. The van der Waals surface area contributed by atoms with E-state index >= 15 is 0 Å².